The number of amides is 2. The molecule has 0 bridgehead atoms. The lowest BCUT2D eigenvalue weighted by molar-refractivity contribution is -0.192. The lowest BCUT2D eigenvalue weighted by atomic mass is 9.72. The number of halogens is 3. The van der Waals surface area contributed by atoms with E-state index >= 15 is 0 Å². The van der Waals surface area contributed by atoms with Gasteiger partial charge in [-0.1, -0.05) is 40.5 Å². The second kappa shape index (κ2) is 7.74. The molecule has 1 fully saturated rings. The van der Waals surface area contributed by atoms with Gasteiger partial charge in [0.2, 0.25) is 5.54 Å². The molecule has 2 heterocycles. The molecule has 33 heavy (non-hydrogen) atoms. The summed E-state index contributed by atoms with van der Waals surface area (Å²) in [5.74, 6) is -3.45. The van der Waals surface area contributed by atoms with E-state index in [0.717, 1.165) is 19.1 Å². The summed E-state index contributed by atoms with van der Waals surface area (Å²) in [6.07, 6.45) is -1.82. The highest BCUT2D eigenvalue weighted by atomic mass is 19.4. The monoisotopic (exact) mass is 466 g/mol. The molecule has 1 saturated carbocycles. The van der Waals surface area contributed by atoms with E-state index < -0.39 is 46.3 Å². The summed E-state index contributed by atoms with van der Waals surface area (Å²) < 4.78 is 49.5. The number of carbonyl (C=O) groups excluding carboxylic acids is 3. The molecule has 2 amide bonds. The first-order chi connectivity index (χ1) is 15.3. The van der Waals surface area contributed by atoms with Crippen LogP contribution in [0.25, 0.3) is 0 Å². The first-order valence-electron chi connectivity index (χ1n) is 11.3. The van der Waals surface area contributed by atoms with Crippen LogP contribution in [0.15, 0.2) is 34.1 Å². The topological polar surface area (TPSA) is 79.6 Å². The highest BCUT2D eigenvalue weighted by molar-refractivity contribution is 6.14. The van der Waals surface area contributed by atoms with E-state index in [2.05, 4.69) is 0 Å². The van der Waals surface area contributed by atoms with Crippen LogP contribution in [0.5, 0.6) is 0 Å². The smallest absolute Gasteiger partial charge is 0.425 e. The molecule has 0 unspecified atom stereocenters. The van der Waals surface area contributed by atoms with Gasteiger partial charge in [0, 0.05) is 18.2 Å². The van der Waals surface area contributed by atoms with Gasteiger partial charge in [0.1, 0.15) is 0 Å². The molecule has 6 nitrogen and oxygen atoms in total. The molecular formula is C24H29F3N2O4. The average Bonchev–Trinajstić information content (AvgIpc) is 3.30. The number of furan rings is 1. The van der Waals surface area contributed by atoms with Crippen molar-refractivity contribution in [3.63, 3.8) is 0 Å². The first-order valence-corrected chi connectivity index (χ1v) is 11.3. The van der Waals surface area contributed by atoms with Gasteiger partial charge in [-0.15, -0.1) is 0 Å². The minimum Gasteiger partial charge on any atom is -0.459 e. The zero-order chi connectivity index (χ0) is 24.3. The zero-order valence-corrected chi connectivity index (χ0v) is 19.2. The fourth-order valence-electron chi connectivity index (χ4n) is 5.69. The SMILES string of the molecule is C[C@@H]1[C@@H](C)CCC[C@@H]1N1C(=O)[C@@](NC(=O)c2ccco2)(C(F)(F)F)C2=C1CC(C)(C)CC2=O. The molecule has 9 heteroatoms. The van der Waals surface area contributed by atoms with Gasteiger partial charge in [0.25, 0.3) is 11.8 Å². The number of Topliss-reactive ketones (excluding diaryl/α,β-unsaturated/α-hetero) is 1. The molecule has 3 aliphatic rings. The van der Waals surface area contributed by atoms with E-state index in [1.165, 1.54) is 17.0 Å². The molecule has 1 aliphatic heterocycles. The summed E-state index contributed by atoms with van der Waals surface area (Å²) in [6.45, 7) is 7.57. The fourth-order valence-corrected chi connectivity index (χ4v) is 5.69. The van der Waals surface area contributed by atoms with E-state index in [4.69, 9.17) is 4.42 Å². The number of hydrogen-bond acceptors (Lipinski definition) is 4. The number of rotatable bonds is 3. The van der Waals surface area contributed by atoms with Crippen LogP contribution in [0, 0.1) is 17.3 Å². The van der Waals surface area contributed by atoms with Crippen molar-refractivity contribution in [2.24, 2.45) is 17.3 Å². The van der Waals surface area contributed by atoms with Gasteiger partial charge in [-0.2, -0.15) is 13.2 Å². The Labute approximate surface area is 190 Å². The molecule has 0 saturated heterocycles. The fraction of sp³-hybridized carbons (Fsp3) is 0.625. The maximum Gasteiger partial charge on any atom is 0.425 e. The first kappa shape index (κ1) is 23.6. The Hall–Kier alpha value is -2.58. The van der Waals surface area contributed by atoms with E-state index in [-0.39, 0.29) is 36.1 Å². The van der Waals surface area contributed by atoms with E-state index in [9.17, 15) is 27.6 Å². The largest absolute Gasteiger partial charge is 0.459 e. The van der Waals surface area contributed by atoms with Gasteiger partial charge in [-0.25, -0.2) is 0 Å². The predicted octanol–water partition coefficient (Wildman–Crippen LogP) is 4.62. The van der Waals surface area contributed by atoms with Gasteiger partial charge in [0.15, 0.2) is 11.5 Å². The number of nitrogens with one attached hydrogen (secondary N) is 1. The Morgan fingerprint density at radius 3 is 2.48 bits per heavy atom. The average molecular weight is 467 g/mol. The summed E-state index contributed by atoms with van der Waals surface area (Å²) in [6, 6.07) is 2.10. The van der Waals surface area contributed by atoms with Crippen LogP contribution in [0.4, 0.5) is 13.2 Å². The number of allylic oxidation sites excluding steroid dienone is 1. The van der Waals surface area contributed by atoms with Crippen molar-refractivity contribution >= 4 is 17.6 Å². The van der Waals surface area contributed by atoms with E-state index in [1.807, 2.05) is 19.2 Å². The summed E-state index contributed by atoms with van der Waals surface area (Å²) in [5, 5.41) is 1.91. The standard InChI is InChI=1S/C24H29F3N2O4/c1-13-7-5-8-15(14(13)2)29-16-11-22(3,4)12-17(30)19(16)23(21(29)32,24(25,26)27)28-20(31)18-9-6-10-33-18/h6,9-10,13-15H,5,7-8,11-12H2,1-4H3,(H,28,31)/t13-,14+,15-,23+/m0/s1. The third kappa shape index (κ3) is 3.60. The van der Waals surface area contributed by atoms with Crippen molar-refractivity contribution in [2.45, 2.75) is 77.6 Å². The summed E-state index contributed by atoms with van der Waals surface area (Å²) in [4.78, 5) is 41.0. The molecule has 1 N–H and O–H groups in total. The number of hydrogen-bond donors (Lipinski definition) is 1. The molecule has 180 valence electrons. The normalized spacial score (nSPS) is 32.2. The second-order valence-electron chi connectivity index (χ2n) is 10.5. The Kier molecular flexibility index (Phi) is 5.53. The van der Waals surface area contributed by atoms with Crippen molar-refractivity contribution in [2.75, 3.05) is 0 Å². The van der Waals surface area contributed by atoms with Gasteiger partial charge >= 0.3 is 6.18 Å². The Morgan fingerprint density at radius 1 is 1.18 bits per heavy atom. The molecule has 0 spiro atoms. The van der Waals surface area contributed by atoms with Crippen molar-refractivity contribution in [1.82, 2.24) is 10.2 Å². The Morgan fingerprint density at radius 2 is 1.88 bits per heavy atom. The summed E-state index contributed by atoms with van der Waals surface area (Å²) >= 11 is 0. The van der Waals surface area contributed by atoms with Crippen molar-refractivity contribution in [3.8, 4) is 0 Å². The number of alkyl halides is 3. The van der Waals surface area contributed by atoms with Crippen molar-refractivity contribution in [3.05, 3.63) is 35.4 Å². The zero-order valence-electron chi connectivity index (χ0n) is 19.2. The predicted molar refractivity (Wildman–Crippen MR) is 113 cm³/mol. The van der Waals surface area contributed by atoms with Crippen LogP contribution >= 0.6 is 0 Å². The van der Waals surface area contributed by atoms with Crippen molar-refractivity contribution < 1.29 is 32.0 Å². The number of carbonyl (C=O) groups is 3. The second-order valence-corrected chi connectivity index (χ2v) is 10.5. The molecule has 4 rings (SSSR count). The third-order valence-corrected chi connectivity index (χ3v) is 7.52. The molecule has 0 radical (unpaired) electrons. The highest BCUT2D eigenvalue weighted by Gasteiger charge is 2.72. The van der Waals surface area contributed by atoms with Crippen molar-refractivity contribution in [1.29, 1.82) is 0 Å². The van der Waals surface area contributed by atoms with Gasteiger partial charge < -0.3 is 14.6 Å². The van der Waals surface area contributed by atoms with Crippen LogP contribution in [-0.4, -0.2) is 40.3 Å². The van der Waals surface area contributed by atoms with Crippen LogP contribution in [0.3, 0.4) is 0 Å². The molecule has 2 aliphatic carbocycles. The summed E-state index contributed by atoms with van der Waals surface area (Å²) in [5.41, 5.74) is -4.57. The van der Waals surface area contributed by atoms with E-state index in [0.29, 0.717) is 6.42 Å². The van der Waals surface area contributed by atoms with E-state index in [1.54, 1.807) is 13.8 Å². The minimum absolute atomic E-state index is 0.0543. The van der Waals surface area contributed by atoms with Gasteiger partial charge in [0.05, 0.1) is 11.8 Å². The summed E-state index contributed by atoms with van der Waals surface area (Å²) in [7, 11) is 0. The molecule has 1 aromatic rings. The van der Waals surface area contributed by atoms with Gasteiger partial charge in [-0.05, 0) is 42.2 Å². The molecule has 0 aromatic carbocycles. The molecule has 1 aromatic heterocycles. The third-order valence-electron chi connectivity index (χ3n) is 7.52. The highest BCUT2D eigenvalue weighted by Crippen LogP contribution is 2.53. The number of nitrogens with zero attached hydrogens (tertiary/aromatic N) is 1. The quantitative estimate of drug-likeness (QED) is 0.705. The molecule has 4 atom stereocenters. The van der Waals surface area contributed by atoms with Crippen LogP contribution in [0.2, 0.25) is 0 Å². The van der Waals surface area contributed by atoms with Gasteiger partial charge in [-0.3, -0.25) is 14.4 Å². The minimum atomic E-state index is -5.22. The Balaban J connectivity index is 1.91. The Bertz CT molecular complexity index is 1010. The maximum absolute atomic E-state index is 14.8. The number of ketones is 1. The van der Waals surface area contributed by atoms with Crippen LogP contribution in [-0.2, 0) is 9.59 Å². The lowest BCUT2D eigenvalue weighted by Crippen LogP contribution is -2.67. The maximum atomic E-state index is 14.8. The lowest BCUT2D eigenvalue weighted by Gasteiger charge is -2.43. The molecular weight excluding hydrogens is 437 g/mol. The van der Waals surface area contributed by atoms with Crippen LogP contribution < -0.4 is 5.32 Å². The van der Waals surface area contributed by atoms with Crippen LogP contribution in [0.1, 0.15) is 70.4 Å².